The van der Waals surface area contributed by atoms with Crippen molar-refractivity contribution >= 4 is 56.4 Å². The predicted molar refractivity (Wildman–Crippen MR) is 120 cm³/mol. The molecule has 0 N–H and O–H groups in total. The first-order chi connectivity index (χ1) is 13.5. The van der Waals surface area contributed by atoms with Crippen molar-refractivity contribution in [3.8, 4) is 20.9 Å². The summed E-state index contributed by atoms with van der Waals surface area (Å²) in [5.41, 5.74) is 3.29. The molecule has 140 valence electrons. The van der Waals surface area contributed by atoms with E-state index >= 15 is 0 Å². The van der Waals surface area contributed by atoms with E-state index in [0.29, 0.717) is 11.1 Å². The average molecular weight is 445 g/mol. The Morgan fingerprint density at radius 3 is 1.18 bits per heavy atom. The monoisotopic (exact) mass is 444 g/mol. The molecule has 4 rings (SSSR count). The molecule has 2 aromatic carbocycles. The highest BCUT2D eigenvalue weighted by Gasteiger charge is 2.03. The Hall–Kier alpha value is -2.24. The van der Waals surface area contributed by atoms with Gasteiger partial charge in [0, 0.05) is 20.9 Å². The van der Waals surface area contributed by atoms with Crippen molar-refractivity contribution in [1.29, 1.82) is 0 Å². The first-order valence-corrected chi connectivity index (χ1v) is 10.7. The van der Waals surface area contributed by atoms with Crippen LogP contribution in [-0.2, 0) is 0 Å². The summed E-state index contributed by atoms with van der Waals surface area (Å²) in [6, 6.07) is 22.7. The van der Waals surface area contributed by atoms with E-state index < -0.39 is 10.5 Å². The lowest BCUT2D eigenvalue weighted by Gasteiger charge is -1.97. The van der Waals surface area contributed by atoms with Gasteiger partial charge < -0.3 is 0 Å². The van der Waals surface area contributed by atoms with Gasteiger partial charge in [-0.1, -0.05) is 36.4 Å². The maximum absolute atomic E-state index is 10.8. The van der Waals surface area contributed by atoms with Crippen LogP contribution < -0.4 is 0 Å². The molecule has 0 fully saturated rings. The van der Waals surface area contributed by atoms with E-state index in [0.717, 1.165) is 11.1 Å². The van der Waals surface area contributed by atoms with E-state index in [1.54, 1.807) is 46.9 Å². The minimum Gasteiger partial charge on any atom is -0.276 e. The average Bonchev–Trinajstić information content (AvgIpc) is 3.43. The third-order valence-corrected chi connectivity index (χ3v) is 6.11. The zero-order valence-corrected chi connectivity index (χ0v) is 17.6. The van der Waals surface area contributed by atoms with E-state index in [1.807, 2.05) is 59.3 Å². The van der Waals surface area contributed by atoms with Gasteiger partial charge in [0.05, 0.1) is 0 Å². The fourth-order valence-corrected chi connectivity index (χ4v) is 4.13. The van der Waals surface area contributed by atoms with Gasteiger partial charge in [-0.05, 0) is 81.5 Å². The summed E-state index contributed by atoms with van der Waals surface area (Å²) in [5, 5.41) is 3.22. The van der Waals surface area contributed by atoms with E-state index in [-0.39, 0.29) is 0 Å². The first kappa shape index (κ1) is 20.5. The van der Waals surface area contributed by atoms with Crippen LogP contribution in [0.5, 0.6) is 0 Å². The molecule has 2 nitrogen and oxygen atoms in total. The van der Waals surface area contributed by atoms with Crippen molar-refractivity contribution in [3.05, 3.63) is 94.7 Å². The lowest BCUT2D eigenvalue weighted by Crippen LogP contribution is -1.86. The van der Waals surface area contributed by atoms with Gasteiger partial charge in [0.2, 0.25) is 0 Å². The normalized spacial score (nSPS) is 10.1. The maximum atomic E-state index is 10.8. The summed E-state index contributed by atoms with van der Waals surface area (Å²) in [6.07, 6.45) is 0. The van der Waals surface area contributed by atoms with Gasteiger partial charge in [0.15, 0.2) is 0 Å². The molecule has 0 unspecified atom stereocenters. The van der Waals surface area contributed by atoms with Crippen LogP contribution in [0, 0.1) is 0 Å². The van der Waals surface area contributed by atoms with Crippen LogP contribution in [0.1, 0.15) is 20.7 Å². The molecule has 0 bridgehead atoms. The van der Waals surface area contributed by atoms with Gasteiger partial charge in [-0.3, -0.25) is 9.59 Å². The Morgan fingerprint density at radius 2 is 0.929 bits per heavy atom. The van der Waals surface area contributed by atoms with E-state index in [4.69, 9.17) is 23.2 Å². The van der Waals surface area contributed by atoms with Crippen LogP contribution in [-0.4, -0.2) is 10.5 Å². The zero-order valence-electron chi connectivity index (χ0n) is 14.5. The second-order valence-electron chi connectivity index (χ2n) is 5.66. The van der Waals surface area contributed by atoms with Crippen LogP contribution in [0.3, 0.4) is 0 Å². The van der Waals surface area contributed by atoms with Crippen LogP contribution in [0.2, 0.25) is 0 Å². The van der Waals surface area contributed by atoms with Crippen molar-refractivity contribution < 1.29 is 9.59 Å². The number of hydrogen-bond acceptors (Lipinski definition) is 4. The Balaban J connectivity index is 0.000000161. The van der Waals surface area contributed by atoms with E-state index in [1.165, 1.54) is 9.75 Å². The molecule has 2 heterocycles. The number of rotatable bonds is 4. The predicted octanol–water partition coefficient (Wildman–Crippen LogP) is 7.59. The van der Waals surface area contributed by atoms with Crippen LogP contribution in [0.25, 0.3) is 20.9 Å². The summed E-state index contributed by atoms with van der Waals surface area (Å²) in [7, 11) is 0. The quantitative estimate of drug-likeness (QED) is 0.303. The summed E-state index contributed by atoms with van der Waals surface area (Å²) in [6.45, 7) is 0. The molecule has 0 spiro atoms. The lowest BCUT2D eigenvalue weighted by atomic mass is 10.1. The topological polar surface area (TPSA) is 34.1 Å². The molecule has 0 saturated heterocycles. The van der Waals surface area contributed by atoms with Crippen LogP contribution in [0.4, 0.5) is 0 Å². The summed E-state index contributed by atoms with van der Waals surface area (Å²) < 4.78 is 0. The van der Waals surface area contributed by atoms with Crippen LogP contribution >= 0.6 is 45.9 Å². The molecular weight excluding hydrogens is 431 g/mol. The van der Waals surface area contributed by atoms with Gasteiger partial charge in [-0.25, -0.2) is 0 Å². The summed E-state index contributed by atoms with van der Waals surface area (Å²) in [5.74, 6) is 0. The van der Waals surface area contributed by atoms with Crippen molar-refractivity contribution in [2.45, 2.75) is 0 Å². The van der Waals surface area contributed by atoms with E-state index in [2.05, 4.69) is 0 Å². The third kappa shape index (κ3) is 5.40. The molecule has 28 heavy (non-hydrogen) atoms. The molecule has 6 heteroatoms. The maximum Gasteiger partial charge on any atom is 0.252 e. The molecule has 0 saturated carbocycles. The first-order valence-electron chi connectivity index (χ1n) is 8.22. The lowest BCUT2D eigenvalue weighted by molar-refractivity contribution is 0.107. The number of hydrogen-bond donors (Lipinski definition) is 0. The molecule has 0 aliphatic carbocycles. The molecule has 0 radical (unpaired) electrons. The minimum absolute atomic E-state index is 0.414. The fourth-order valence-electron chi connectivity index (χ4n) is 2.42. The second kappa shape index (κ2) is 9.80. The van der Waals surface area contributed by atoms with Crippen molar-refractivity contribution in [1.82, 2.24) is 0 Å². The Labute approximate surface area is 181 Å². The highest BCUT2D eigenvalue weighted by atomic mass is 35.5. The molecule has 0 atom stereocenters. The van der Waals surface area contributed by atoms with Gasteiger partial charge >= 0.3 is 0 Å². The van der Waals surface area contributed by atoms with Crippen molar-refractivity contribution in [2.24, 2.45) is 0 Å². The van der Waals surface area contributed by atoms with Gasteiger partial charge in [-0.15, -0.1) is 22.7 Å². The van der Waals surface area contributed by atoms with Gasteiger partial charge in [0.1, 0.15) is 0 Å². The molecule has 0 amide bonds. The van der Waals surface area contributed by atoms with Crippen molar-refractivity contribution in [3.63, 3.8) is 0 Å². The third-order valence-electron chi connectivity index (χ3n) is 3.84. The summed E-state index contributed by atoms with van der Waals surface area (Å²) >= 11 is 14.0. The number of thiophene rings is 2. The standard InChI is InChI=1S/2C11H7ClOS/c2*12-11(13)9-5-3-8(4-6-9)10-2-1-7-14-10/h2*1-7H. The number of halogens is 2. The zero-order chi connectivity index (χ0) is 19.9. The number of benzene rings is 2. The minimum atomic E-state index is -0.414. The van der Waals surface area contributed by atoms with Crippen LogP contribution in [0.15, 0.2) is 83.6 Å². The largest absolute Gasteiger partial charge is 0.276 e. The Morgan fingerprint density at radius 1 is 0.571 bits per heavy atom. The molecule has 0 aliphatic heterocycles. The molecule has 4 aromatic rings. The SMILES string of the molecule is O=C(Cl)c1ccc(-c2cccs2)cc1.O=C(Cl)c1ccc(-c2cccs2)cc1. The van der Waals surface area contributed by atoms with Gasteiger partial charge in [-0.2, -0.15) is 0 Å². The highest BCUT2D eigenvalue weighted by Crippen LogP contribution is 2.25. The van der Waals surface area contributed by atoms with Gasteiger partial charge in [0.25, 0.3) is 10.5 Å². The molecular formula is C22H14Cl2O2S2. The Kier molecular flexibility index (Phi) is 7.18. The number of carbonyl (C=O) groups is 2. The fraction of sp³-hybridized carbons (Fsp3) is 0. The number of carbonyl (C=O) groups excluding carboxylic acids is 2. The highest BCUT2D eigenvalue weighted by molar-refractivity contribution is 7.13. The summed E-state index contributed by atoms with van der Waals surface area (Å²) in [4.78, 5) is 24.0. The Bertz CT molecular complexity index is 949. The molecule has 0 aliphatic rings. The second-order valence-corrected chi connectivity index (χ2v) is 8.24. The van der Waals surface area contributed by atoms with E-state index in [9.17, 15) is 9.59 Å². The molecule has 2 aromatic heterocycles. The van der Waals surface area contributed by atoms with Crippen molar-refractivity contribution in [2.75, 3.05) is 0 Å². The smallest absolute Gasteiger partial charge is 0.252 e.